The molecule has 0 radical (unpaired) electrons. The number of fused-ring (bicyclic) bond motifs is 1. The third kappa shape index (κ3) is 0.877. The van der Waals surface area contributed by atoms with E-state index in [-0.39, 0.29) is 0 Å². The minimum absolute atomic E-state index is 1.02. The van der Waals surface area contributed by atoms with Gasteiger partial charge in [-0.2, -0.15) is 0 Å². The van der Waals surface area contributed by atoms with Gasteiger partial charge in [0.15, 0.2) is 0 Å². The molecule has 0 spiro atoms. The summed E-state index contributed by atoms with van der Waals surface area (Å²) in [6.45, 7) is 5.32. The van der Waals surface area contributed by atoms with Crippen LogP contribution in [0.4, 0.5) is 0 Å². The van der Waals surface area contributed by atoms with Crippen molar-refractivity contribution in [1.82, 2.24) is 0 Å². The first kappa shape index (κ1) is 5.72. The van der Waals surface area contributed by atoms with Crippen molar-refractivity contribution >= 4 is 0 Å². The average Bonchev–Trinajstić information content (AvgIpc) is 2.22. The van der Waals surface area contributed by atoms with Crippen molar-refractivity contribution in [3.8, 4) is 0 Å². The quantitative estimate of drug-likeness (QED) is 0.468. The van der Waals surface area contributed by atoms with E-state index in [2.05, 4.69) is 6.92 Å². The van der Waals surface area contributed by atoms with E-state index in [1.54, 1.807) is 0 Å². The van der Waals surface area contributed by atoms with Gasteiger partial charge >= 0.3 is 0 Å². The highest BCUT2D eigenvalue weighted by Crippen LogP contribution is 2.15. The molecule has 0 aromatic heterocycles. The van der Waals surface area contributed by atoms with E-state index in [9.17, 15) is 0 Å². The number of quaternary nitrogens is 1. The third-order valence-corrected chi connectivity index (χ3v) is 2.93. The molecule has 2 fully saturated rings. The van der Waals surface area contributed by atoms with Gasteiger partial charge in [0.1, 0.15) is 0 Å². The second-order valence-electron chi connectivity index (χ2n) is 3.79. The zero-order valence-corrected chi connectivity index (χ0v) is 6.19. The first-order chi connectivity index (χ1) is 4.36. The van der Waals surface area contributed by atoms with Crippen LogP contribution in [0.2, 0.25) is 0 Å². The van der Waals surface area contributed by atoms with Gasteiger partial charge < -0.3 is 4.90 Å². The molecule has 0 bridgehead atoms. The maximum Gasteiger partial charge on any atom is 0.0881 e. The molecule has 1 nitrogen and oxygen atoms in total. The summed E-state index contributed by atoms with van der Waals surface area (Å²) in [5.41, 5.74) is 0. The van der Waals surface area contributed by atoms with Gasteiger partial charge in [-0.1, -0.05) is 6.92 Å². The van der Waals surface area contributed by atoms with Gasteiger partial charge in [-0.15, -0.1) is 0 Å². The normalized spacial score (nSPS) is 49.7. The summed E-state index contributed by atoms with van der Waals surface area (Å²) in [6, 6.07) is 1.07. The monoisotopic (exact) mass is 126 g/mol. The first-order valence-corrected chi connectivity index (χ1v) is 4.21. The molecular weight excluding hydrogens is 110 g/mol. The Labute approximate surface area is 57.0 Å². The predicted octanol–water partition coefficient (Wildman–Crippen LogP) is 0.0735. The molecule has 3 atom stereocenters. The summed E-state index contributed by atoms with van der Waals surface area (Å²) in [4.78, 5) is 1.91. The second-order valence-corrected chi connectivity index (χ2v) is 3.79. The van der Waals surface area contributed by atoms with Crippen LogP contribution in [0, 0.1) is 5.92 Å². The zero-order chi connectivity index (χ0) is 6.27. The van der Waals surface area contributed by atoms with Crippen LogP contribution < -0.4 is 4.90 Å². The fourth-order valence-electron chi connectivity index (χ4n) is 2.55. The Balaban J connectivity index is 2.02. The largest absolute Gasteiger partial charge is 0.332 e. The van der Waals surface area contributed by atoms with E-state index in [0.29, 0.717) is 0 Å². The van der Waals surface area contributed by atoms with Crippen molar-refractivity contribution in [2.75, 3.05) is 13.1 Å². The lowest BCUT2D eigenvalue weighted by Gasteiger charge is -2.09. The molecule has 1 heteroatoms. The summed E-state index contributed by atoms with van der Waals surface area (Å²) in [6.07, 6.45) is 4.52. The Morgan fingerprint density at radius 3 is 3.11 bits per heavy atom. The maximum atomic E-state index is 2.39. The number of hydrogen-bond donors (Lipinski definition) is 1. The molecule has 0 amide bonds. The zero-order valence-electron chi connectivity index (χ0n) is 6.19. The van der Waals surface area contributed by atoms with Crippen molar-refractivity contribution in [2.45, 2.75) is 32.2 Å². The van der Waals surface area contributed by atoms with Crippen LogP contribution in [0.3, 0.4) is 0 Å². The molecule has 52 valence electrons. The highest BCUT2D eigenvalue weighted by atomic mass is 15.2. The molecule has 2 heterocycles. The molecular formula is C8H16N+. The van der Waals surface area contributed by atoms with Crippen molar-refractivity contribution in [3.05, 3.63) is 0 Å². The molecule has 2 rings (SSSR count). The van der Waals surface area contributed by atoms with Gasteiger partial charge in [-0.3, -0.25) is 0 Å². The molecule has 0 aromatic rings. The van der Waals surface area contributed by atoms with E-state index < -0.39 is 0 Å². The van der Waals surface area contributed by atoms with Crippen molar-refractivity contribution < 1.29 is 4.90 Å². The molecule has 0 saturated carbocycles. The van der Waals surface area contributed by atoms with Gasteiger partial charge in [0.05, 0.1) is 19.1 Å². The Kier molecular flexibility index (Phi) is 1.26. The van der Waals surface area contributed by atoms with Gasteiger partial charge in [0.2, 0.25) is 0 Å². The smallest absolute Gasteiger partial charge is 0.0881 e. The lowest BCUT2D eigenvalue weighted by molar-refractivity contribution is -0.900. The van der Waals surface area contributed by atoms with E-state index in [0.717, 1.165) is 12.0 Å². The topological polar surface area (TPSA) is 4.44 Å². The van der Waals surface area contributed by atoms with E-state index >= 15 is 0 Å². The van der Waals surface area contributed by atoms with E-state index in [4.69, 9.17) is 0 Å². The minimum atomic E-state index is 1.02. The van der Waals surface area contributed by atoms with Crippen LogP contribution in [-0.4, -0.2) is 19.1 Å². The van der Waals surface area contributed by atoms with Crippen LogP contribution in [0.15, 0.2) is 0 Å². The van der Waals surface area contributed by atoms with Gasteiger partial charge in [-0.25, -0.2) is 0 Å². The maximum absolute atomic E-state index is 2.39. The fraction of sp³-hybridized carbons (Fsp3) is 1.00. The van der Waals surface area contributed by atoms with Crippen molar-refractivity contribution in [1.29, 1.82) is 0 Å². The lowest BCUT2D eigenvalue weighted by atomic mass is 10.1. The van der Waals surface area contributed by atoms with Gasteiger partial charge in [0.25, 0.3) is 0 Å². The Bertz CT molecular complexity index is 99.1. The summed E-state index contributed by atoms with van der Waals surface area (Å²) >= 11 is 0. The summed E-state index contributed by atoms with van der Waals surface area (Å²) in [5.74, 6) is 1.02. The average molecular weight is 126 g/mol. The minimum Gasteiger partial charge on any atom is -0.332 e. The number of rotatable bonds is 0. The fourth-order valence-corrected chi connectivity index (χ4v) is 2.55. The van der Waals surface area contributed by atoms with Crippen LogP contribution >= 0.6 is 0 Å². The molecule has 2 saturated heterocycles. The van der Waals surface area contributed by atoms with Crippen molar-refractivity contribution in [3.63, 3.8) is 0 Å². The first-order valence-electron chi connectivity index (χ1n) is 4.21. The Morgan fingerprint density at radius 1 is 1.44 bits per heavy atom. The second kappa shape index (κ2) is 1.98. The summed E-state index contributed by atoms with van der Waals surface area (Å²) in [7, 11) is 0. The van der Waals surface area contributed by atoms with Crippen LogP contribution in [0.1, 0.15) is 26.2 Å². The molecule has 0 aromatic carbocycles. The molecule has 2 aliphatic heterocycles. The molecule has 0 aliphatic carbocycles. The highest BCUT2D eigenvalue weighted by Gasteiger charge is 2.36. The van der Waals surface area contributed by atoms with Crippen LogP contribution in [0.25, 0.3) is 0 Å². The summed E-state index contributed by atoms with van der Waals surface area (Å²) < 4.78 is 0. The molecule has 1 unspecified atom stereocenters. The van der Waals surface area contributed by atoms with E-state index in [1.165, 1.54) is 32.4 Å². The van der Waals surface area contributed by atoms with Crippen molar-refractivity contribution in [2.24, 2.45) is 5.92 Å². The van der Waals surface area contributed by atoms with Gasteiger partial charge in [-0.05, 0) is 0 Å². The Hall–Kier alpha value is -0.0400. The predicted molar refractivity (Wildman–Crippen MR) is 37.5 cm³/mol. The molecule has 9 heavy (non-hydrogen) atoms. The third-order valence-electron chi connectivity index (χ3n) is 2.93. The number of nitrogens with one attached hydrogen (secondary N) is 1. The molecule has 2 aliphatic rings. The summed E-state index contributed by atoms with van der Waals surface area (Å²) in [5, 5.41) is 0. The van der Waals surface area contributed by atoms with Gasteiger partial charge in [0, 0.05) is 25.2 Å². The number of hydrogen-bond acceptors (Lipinski definition) is 0. The van der Waals surface area contributed by atoms with Crippen LogP contribution in [-0.2, 0) is 0 Å². The standard InChI is InChI=1S/C8H15N/c1-7-5-8-3-2-4-9(8)6-7/h7-8H,2-6H2,1H3/p+1/t7-,8-/m1/s1. The molecule has 1 N–H and O–H groups in total. The van der Waals surface area contributed by atoms with E-state index in [1.807, 2.05) is 4.90 Å². The highest BCUT2D eigenvalue weighted by molar-refractivity contribution is 4.71. The Morgan fingerprint density at radius 2 is 2.33 bits per heavy atom. The lowest BCUT2D eigenvalue weighted by Crippen LogP contribution is -3.11. The van der Waals surface area contributed by atoms with Crippen LogP contribution in [0.5, 0.6) is 0 Å². The SMILES string of the molecule is C[C@@H]1C[C@H]2CCC[NH+]2C1.